The molecule has 2 aliphatic heterocycles. The van der Waals surface area contributed by atoms with E-state index in [0.717, 1.165) is 71.6 Å². The highest BCUT2D eigenvalue weighted by Crippen LogP contribution is 2.42. The first-order chi connectivity index (χ1) is 31.3. The summed E-state index contributed by atoms with van der Waals surface area (Å²) in [5.74, 6) is -0.423. The number of amides is 1. The molecule has 3 N–H and O–H groups in total. The second-order valence-corrected chi connectivity index (χ2v) is 27.2. The molecule has 1 amide bonds. The predicted molar refractivity (Wildman–Crippen MR) is 260 cm³/mol. The number of thioether (sulfide) groups is 1. The largest absolute Gasteiger partial charge is 0.501 e. The zero-order valence-corrected chi connectivity index (χ0v) is 41.1. The first-order valence-corrected chi connectivity index (χ1v) is 29.6. The van der Waals surface area contributed by atoms with E-state index in [0.29, 0.717) is 36.4 Å². The Morgan fingerprint density at radius 3 is 2.18 bits per heavy atom. The topological polar surface area (TPSA) is 134 Å². The molecule has 0 saturated carbocycles. The number of carbonyl (C=O) groups is 1. The molecule has 5 aromatic carbocycles. The maximum absolute atomic E-state index is 14.2. The Labute approximate surface area is 396 Å². The van der Waals surface area contributed by atoms with Gasteiger partial charge in [0, 0.05) is 52.1 Å². The number of nitrogens with one attached hydrogen (secondary N) is 3. The lowest BCUT2D eigenvalue weighted by molar-refractivity contribution is -0.0435. The van der Waals surface area contributed by atoms with Gasteiger partial charge >= 0.3 is 5.51 Å². The molecule has 352 valence electrons. The molecule has 3 atom stereocenters. The van der Waals surface area contributed by atoms with Crippen molar-refractivity contribution >= 4 is 68.8 Å². The predicted octanol–water partition coefficient (Wildman–Crippen LogP) is 10.9. The number of hydrogen-bond acceptors (Lipinski definition) is 10. The van der Waals surface area contributed by atoms with Gasteiger partial charge in [0.05, 0.1) is 16.7 Å². The van der Waals surface area contributed by atoms with Gasteiger partial charge in [-0.2, -0.15) is 13.2 Å². The summed E-state index contributed by atoms with van der Waals surface area (Å²) in [5.41, 5.74) is -2.03. The molecule has 18 heteroatoms. The highest BCUT2D eigenvalue weighted by atomic mass is 35.5. The maximum atomic E-state index is 14.2. The summed E-state index contributed by atoms with van der Waals surface area (Å²) >= 11 is 7.67. The molecule has 1 unspecified atom stereocenters. The van der Waals surface area contributed by atoms with Crippen LogP contribution in [0.5, 0.6) is 0 Å². The fraction of sp³-hybridized carbons (Fsp3) is 0.354. The average molecular weight is 1000 g/mol. The molecule has 2 saturated heterocycles. The van der Waals surface area contributed by atoms with Crippen molar-refractivity contribution in [3.8, 4) is 11.1 Å². The average Bonchev–Trinajstić information content (AvgIpc) is 3.80. The summed E-state index contributed by atoms with van der Waals surface area (Å²) in [4.78, 5) is 14.4. The monoisotopic (exact) mass is 998 g/mol. The smallest absolute Gasteiger partial charge is 0.410 e. The van der Waals surface area contributed by atoms with Crippen LogP contribution in [0.4, 0.5) is 24.5 Å². The summed E-state index contributed by atoms with van der Waals surface area (Å²) in [5, 5.41) is 7.03. The van der Waals surface area contributed by atoms with Crippen LogP contribution in [-0.4, -0.2) is 74.0 Å². The molecule has 0 aromatic heterocycles. The van der Waals surface area contributed by atoms with Crippen molar-refractivity contribution in [1.82, 2.24) is 10.0 Å². The van der Waals surface area contributed by atoms with E-state index in [9.17, 15) is 34.8 Å². The standard InChI is InChI=1S/C48H54ClF3N4O6S3Si/c1-66(2,3)62-46(43-14-8-7-13-42(43)33-15-19-36(49)20-16-33)34-25-28-56(29-26-34)39-21-17-35(18-22-39)47(57)55-65(60,61)41-23-24-44(45(31-41)64(58,59)48(50,51)52)54-38(30-37-10-9-27-53-37)32-63-40-11-5-4-6-12-40/h4-8,11-24,31,34,37-38,46,53-54H,9-10,25-30,32H2,1-3H3,(H,55,57)/t37-,38+,46?/m0/s1. The van der Waals surface area contributed by atoms with E-state index in [1.807, 2.05) is 71.5 Å². The Bertz CT molecular complexity index is 2680. The number of sulfonamides is 1. The molecule has 66 heavy (non-hydrogen) atoms. The van der Waals surface area contributed by atoms with Gasteiger partial charge in [-0.1, -0.05) is 66.2 Å². The van der Waals surface area contributed by atoms with Crippen LogP contribution in [0, 0.1) is 5.92 Å². The summed E-state index contributed by atoms with van der Waals surface area (Å²) in [6, 6.07) is 33.9. The number of halogens is 4. The van der Waals surface area contributed by atoms with Gasteiger partial charge in [0.25, 0.3) is 25.8 Å². The zero-order valence-electron chi connectivity index (χ0n) is 36.9. The minimum atomic E-state index is -6.05. The van der Waals surface area contributed by atoms with Crippen molar-refractivity contribution in [2.75, 3.05) is 35.6 Å². The van der Waals surface area contributed by atoms with Gasteiger partial charge in [0.15, 0.2) is 8.32 Å². The number of rotatable bonds is 17. The van der Waals surface area contributed by atoms with Gasteiger partial charge in [-0.15, -0.1) is 11.8 Å². The third kappa shape index (κ3) is 12.4. The Kier molecular flexibility index (Phi) is 15.7. The molecule has 2 heterocycles. The van der Waals surface area contributed by atoms with Gasteiger partial charge < -0.3 is 20.0 Å². The highest BCUT2D eigenvalue weighted by molar-refractivity contribution is 7.99. The Morgan fingerprint density at radius 1 is 0.879 bits per heavy atom. The minimum absolute atomic E-state index is 0.0136. The number of anilines is 2. The van der Waals surface area contributed by atoms with Crippen molar-refractivity contribution in [3.05, 3.63) is 137 Å². The summed E-state index contributed by atoms with van der Waals surface area (Å²) in [7, 11) is -12.9. The third-order valence-electron chi connectivity index (χ3n) is 11.7. The normalized spacial score (nSPS) is 17.3. The fourth-order valence-corrected chi connectivity index (χ4v) is 12.7. The lowest BCUT2D eigenvalue weighted by Gasteiger charge is -2.40. The first kappa shape index (κ1) is 49.5. The molecule has 10 nitrogen and oxygen atoms in total. The van der Waals surface area contributed by atoms with E-state index < -0.39 is 61.1 Å². The van der Waals surface area contributed by atoms with Crippen LogP contribution >= 0.6 is 23.4 Å². The Hall–Kier alpha value is -4.36. The van der Waals surface area contributed by atoms with Crippen LogP contribution < -0.4 is 20.3 Å². The zero-order chi connectivity index (χ0) is 47.3. The summed E-state index contributed by atoms with van der Waals surface area (Å²) < 4.78 is 105. The van der Waals surface area contributed by atoms with Crippen molar-refractivity contribution in [2.24, 2.45) is 5.92 Å². The van der Waals surface area contributed by atoms with E-state index >= 15 is 0 Å². The molecule has 0 radical (unpaired) electrons. The second-order valence-electron chi connectivity index (χ2n) is 17.7. The van der Waals surface area contributed by atoms with E-state index in [1.54, 1.807) is 12.1 Å². The van der Waals surface area contributed by atoms with Gasteiger partial charge in [0.2, 0.25) is 0 Å². The van der Waals surface area contributed by atoms with Gasteiger partial charge in [-0.3, -0.25) is 4.79 Å². The van der Waals surface area contributed by atoms with Crippen LogP contribution in [-0.2, 0) is 24.3 Å². The van der Waals surface area contributed by atoms with Crippen molar-refractivity contribution in [3.63, 3.8) is 0 Å². The lowest BCUT2D eigenvalue weighted by atomic mass is 9.84. The van der Waals surface area contributed by atoms with E-state index in [1.165, 1.54) is 23.9 Å². The minimum Gasteiger partial charge on any atom is -0.410 e. The number of piperidine rings is 1. The maximum Gasteiger partial charge on any atom is 0.501 e. The SMILES string of the molecule is C[Si](C)(C)OC(c1ccccc1-c1ccc(Cl)cc1)C1CCN(c2ccc(C(=O)NS(=O)(=O)c3ccc(N[C@@H](CSc4ccccc4)C[C@@H]4CCCN4)c(S(=O)(=O)C(F)(F)F)c3)cc2)CC1. The van der Waals surface area contributed by atoms with Crippen LogP contribution in [0.3, 0.4) is 0 Å². The van der Waals surface area contributed by atoms with Gasteiger partial charge in [-0.25, -0.2) is 21.6 Å². The molecule has 2 fully saturated rings. The van der Waals surface area contributed by atoms with E-state index in [2.05, 4.69) is 47.3 Å². The van der Waals surface area contributed by atoms with E-state index in [-0.39, 0.29) is 23.6 Å². The second kappa shape index (κ2) is 20.9. The van der Waals surface area contributed by atoms with Crippen molar-refractivity contribution in [2.45, 2.75) is 90.1 Å². The Morgan fingerprint density at radius 2 is 1.55 bits per heavy atom. The van der Waals surface area contributed by atoms with Crippen LogP contribution in [0.25, 0.3) is 11.1 Å². The molecular formula is C48H54ClF3N4O6S3Si. The summed E-state index contributed by atoms with van der Waals surface area (Å²) in [6.07, 6.45) is 3.78. The van der Waals surface area contributed by atoms with Gasteiger partial charge in [0.1, 0.15) is 4.90 Å². The van der Waals surface area contributed by atoms with Crippen molar-refractivity contribution < 1.29 is 39.2 Å². The molecule has 0 spiro atoms. The number of carbonyl (C=O) groups excluding carboxylic acids is 1. The number of benzene rings is 5. The molecule has 0 bridgehead atoms. The summed E-state index contributed by atoms with van der Waals surface area (Å²) in [6.45, 7) is 8.76. The van der Waals surface area contributed by atoms with Crippen molar-refractivity contribution in [1.29, 1.82) is 0 Å². The number of nitrogens with zero attached hydrogens (tertiary/aromatic N) is 1. The number of sulfone groups is 1. The molecule has 7 rings (SSSR count). The fourth-order valence-electron chi connectivity index (χ4n) is 8.50. The van der Waals surface area contributed by atoms with Crippen LogP contribution in [0.1, 0.15) is 54.1 Å². The highest BCUT2D eigenvalue weighted by Gasteiger charge is 2.48. The quantitative estimate of drug-likeness (QED) is 0.0611. The lowest BCUT2D eigenvalue weighted by Crippen LogP contribution is -2.39. The number of alkyl halides is 3. The molecular weight excluding hydrogens is 945 g/mol. The van der Waals surface area contributed by atoms with Crippen LogP contribution in [0.15, 0.2) is 136 Å². The molecule has 0 aliphatic carbocycles. The van der Waals surface area contributed by atoms with Crippen LogP contribution in [0.2, 0.25) is 24.7 Å². The number of hydrogen-bond donors (Lipinski definition) is 3. The van der Waals surface area contributed by atoms with E-state index in [4.69, 9.17) is 16.0 Å². The molecule has 5 aromatic rings. The first-order valence-electron chi connectivity index (χ1n) is 21.9. The Balaban J connectivity index is 1.05. The molecule has 2 aliphatic rings. The third-order valence-corrected chi connectivity index (χ3v) is 17.0. The van der Waals surface area contributed by atoms with Gasteiger partial charge in [-0.05, 0) is 148 Å².